The Morgan fingerprint density at radius 2 is 2.05 bits per heavy atom. The van der Waals surface area contributed by atoms with Gasteiger partial charge in [0.25, 0.3) is 0 Å². The molecule has 1 heterocycles. The van der Waals surface area contributed by atoms with Crippen LogP contribution in [0, 0.1) is 12.8 Å². The minimum absolute atomic E-state index is 0.174. The zero-order chi connectivity index (χ0) is 13.3. The van der Waals surface area contributed by atoms with E-state index in [9.17, 15) is 0 Å². The van der Waals surface area contributed by atoms with Gasteiger partial charge in [0.15, 0.2) is 0 Å². The van der Waals surface area contributed by atoms with Crippen molar-refractivity contribution >= 4 is 0 Å². The first kappa shape index (κ1) is 13.0. The summed E-state index contributed by atoms with van der Waals surface area (Å²) in [5.41, 5.74) is 2.91. The van der Waals surface area contributed by atoms with Gasteiger partial charge in [-0.2, -0.15) is 0 Å². The van der Waals surface area contributed by atoms with Crippen LogP contribution >= 0.6 is 0 Å². The van der Waals surface area contributed by atoms with E-state index in [0.717, 1.165) is 18.2 Å². The lowest BCUT2D eigenvalue weighted by molar-refractivity contribution is 0.266. The smallest absolute Gasteiger partial charge is 0.123 e. The van der Waals surface area contributed by atoms with Gasteiger partial charge in [-0.1, -0.05) is 30.5 Å². The van der Waals surface area contributed by atoms with Crippen LogP contribution in [0.4, 0.5) is 0 Å². The Morgan fingerprint density at radius 3 is 2.79 bits per heavy atom. The molecule has 2 aliphatic rings. The molecular weight excluding hydrogens is 234 g/mol. The molecule has 0 radical (unpaired) electrons. The normalized spacial score (nSPS) is 27.9. The van der Waals surface area contributed by atoms with Crippen LogP contribution in [-0.4, -0.2) is 13.7 Å². The summed E-state index contributed by atoms with van der Waals surface area (Å²) in [6.07, 6.45) is 7.99. The van der Waals surface area contributed by atoms with Crippen LogP contribution < -0.4 is 10.1 Å². The highest BCUT2D eigenvalue weighted by molar-refractivity contribution is 5.43. The molecule has 0 amide bonds. The minimum Gasteiger partial charge on any atom is -0.496 e. The molecule has 1 aliphatic heterocycles. The topological polar surface area (TPSA) is 21.3 Å². The summed E-state index contributed by atoms with van der Waals surface area (Å²) >= 11 is 0. The zero-order valence-electron chi connectivity index (χ0n) is 12.2. The molecule has 0 bridgehead atoms. The van der Waals surface area contributed by atoms with Crippen molar-refractivity contribution in [3.8, 4) is 5.75 Å². The first-order chi connectivity index (χ1) is 9.26. The molecule has 0 spiro atoms. The van der Waals surface area contributed by atoms with Crippen molar-refractivity contribution in [2.45, 2.75) is 51.0 Å². The zero-order valence-corrected chi connectivity index (χ0v) is 12.2. The molecule has 1 saturated carbocycles. The summed E-state index contributed by atoms with van der Waals surface area (Å²) in [5.74, 6) is 1.87. The maximum Gasteiger partial charge on any atom is 0.123 e. The Bertz CT molecular complexity index is 443. The van der Waals surface area contributed by atoms with E-state index in [4.69, 9.17) is 4.74 Å². The number of ether oxygens (including phenoxy) is 1. The van der Waals surface area contributed by atoms with Crippen molar-refractivity contribution in [3.05, 3.63) is 29.3 Å². The fourth-order valence-corrected chi connectivity index (χ4v) is 3.65. The monoisotopic (exact) mass is 259 g/mol. The molecule has 1 saturated heterocycles. The number of hydrogen-bond donors (Lipinski definition) is 1. The quantitative estimate of drug-likeness (QED) is 0.892. The van der Waals surface area contributed by atoms with Gasteiger partial charge in [-0.15, -0.1) is 0 Å². The summed E-state index contributed by atoms with van der Waals surface area (Å²) in [6, 6.07) is 6.64. The molecule has 1 aromatic carbocycles. The molecule has 1 aromatic rings. The molecule has 2 fully saturated rings. The maximum atomic E-state index is 5.66. The first-order valence-electron chi connectivity index (χ1n) is 7.66. The Balaban J connectivity index is 2.05. The van der Waals surface area contributed by atoms with Gasteiger partial charge in [0.1, 0.15) is 5.75 Å². The highest BCUT2D eigenvalue weighted by Crippen LogP contribution is 2.51. The van der Waals surface area contributed by atoms with Gasteiger partial charge >= 0.3 is 0 Å². The van der Waals surface area contributed by atoms with Crippen LogP contribution in [0.3, 0.4) is 0 Å². The van der Waals surface area contributed by atoms with Gasteiger partial charge < -0.3 is 10.1 Å². The van der Waals surface area contributed by atoms with Crippen LogP contribution in [0.2, 0.25) is 0 Å². The van der Waals surface area contributed by atoms with Crippen molar-refractivity contribution in [3.63, 3.8) is 0 Å². The van der Waals surface area contributed by atoms with E-state index < -0.39 is 0 Å². The molecule has 104 valence electrons. The Morgan fingerprint density at radius 1 is 1.21 bits per heavy atom. The highest BCUT2D eigenvalue weighted by Gasteiger charge is 2.47. The molecule has 2 heteroatoms. The predicted molar refractivity (Wildman–Crippen MR) is 78.6 cm³/mol. The van der Waals surface area contributed by atoms with Gasteiger partial charge in [-0.05, 0) is 51.1 Å². The summed E-state index contributed by atoms with van der Waals surface area (Å²) in [6.45, 7) is 3.33. The first-order valence-corrected chi connectivity index (χ1v) is 7.66. The highest BCUT2D eigenvalue weighted by atomic mass is 16.5. The molecule has 19 heavy (non-hydrogen) atoms. The second kappa shape index (κ2) is 5.16. The Labute approximate surface area is 116 Å². The molecule has 1 N–H and O–H groups in total. The van der Waals surface area contributed by atoms with Crippen LogP contribution in [-0.2, 0) is 5.54 Å². The third-order valence-electron chi connectivity index (χ3n) is 4.80. The fraction of sp³-hybridized carbons (Fsp3) is 0.647. The third kappa shape index (κ3) is 2.38. The second-order valence-electron chi connectivity index (χ2n) is 6.19. The third-order valence-corrected chi connectivity index (χ3v) is 4.80. The molecule has 3 rings (SSSR count). The number of rotatable bonds is 3. The number of methoxy groups -OCH3 is 1. The number of aryl methyl sites for hydroxylation is 1. The molecular formula is C17H25NO. The Hall–Kier alpha value is -1.02. The van der Waals surface area contributed by atoms with E-state index in [-0.39, 0.29) is 5.54 Å². The molecule has 2 nitrogen and oxygen atoms in total. The van der Waals surface area contributed by atoms with E-state index in [1.807, 2.05) is 0 Å². The lowest BCUT2D eigenvalue weighted by atomic mass is 9.80. The van der Waals surface area contributed by atoms with Crippen molar-refractivity contribution < 1.29 is 4.74 Å². The maximum absolute atomic E-state index is 5.66. The van der Waals surface area contributed by atoms with E-state index in [2.05, 4.69) is 30.4 Å². The van der Waals surface area contributed by atoms with Crippen molar-refractivity contribution in [1.82, 2.24) is 5.32 Å². The summed E-state index contributed by atoms with van der Waals surface area (Å²) in [4.78, 5) is 0. The summed E-state index contributed by atoms with van der Waals surface area (Å²) in [7, 11) is 1.80. The van der Waals surface area contributed by atoms with Crippen molar-refractivity contribution in [2.75, 3.05) is 13.7 Å². The number of nitrogens with one attached hydrogen (secondary N) is 1. The van der Waals surface area contributed by atoms with E-state index in [0.29, 0.717) is 0 Å². The fourth-order valence-electron chi connectivity index (χ4n) is 3.65. The SMILES string of the molecule is COc1ccc(C)cc1C1(C2CC2)CCCCCN1. The van der Waals surface area contributed by atoms with Crippen LogP contribution in [0.15, 0.2) is 18.2 Å². The van der Waals surface area contributed by atoms with Crippen molar-refractivity contribution in [1.29, 1.82) is 0 Å². The van der Waals surface area contributed by atoms with Gasteiger partial charge in [0.2, 0.25) is 0 Å². The lowest BCUT2D eigenvalue weighted by Crippen LogP contribution is -2.44. The number of benzene rings is 1. The average molecular weight is 259 g/mol. The van der Waals surface area contributed by atoms with Crippen LogP contribution in [0.5, 0.6) is 5.75 Å². The van der Waals surface area contributed by atoms with Crippen LogP contribution in [0.1, 0.15) is 49.7 Å². The summed E-state index contributed by atoms with van der Waals surface area (Å²) in [5, 5.41) is 3.90. The predicted octanol–water partition coefficient (Wildman–Crippen LogP) is 3.77. The van der Waals surface area contributed by atoms with Gasteiger partial charge in [-0.25, -0.2) is 0 Å². The molecule has 1 aliphatic carbocycles. The van der Waals surface area contributed by atoms with Gasteiger partial charge in [0.05, 0.1) is 7.11 Å². The lowest BCUT2D eigenvalue weighted by Gasteiger charge is -2.36. The van der Waals surface area contributed by atoms with E-state index in [1.165, 1.54) is 49.7 Å². The molecule has 0 aromatic heterocycles. The van der Waals surface area contributed by atoms with E-state index in [1.54, 1.807) is 7.11 Å². The van der Waals surface area contributed by atoms with Gasteiger partial charge in [0, 0.05) is 11.1 Å². The van der Waals surface area contributed by atoms with E-state index >= 15 is 0 Å². The molecule has 1 unspecified atom stereocenters. The van der Waals surface area contributed by atoms with Crippen molar-refractivity contribution in [2.24, 2.45) is 5.92 Å². The Kier molecular flexibility index (Phi) is 3.53. The minimum atomic E-state index is 0.174. The standard InChI is InChI=1S/C17H25NO/c1-13-6-9-16(19-2)15(12-13)17(14-7-8-14)10-4-3-5-11-18-17/h6,9,12,14,18H,3-5,7-8,10-11H2,1-2H3. The largest absolute Gasteiger partial charge is 0.496 e. The number of hydrogen-bond acceptors (Lipinski definition) is 2. The van der Waals surface area contributed by atoms with Gasteiger partial charge in [-0.3, -0.25) is 0 Å². The van der Waals surface area contributed by atoms with Crippen LogP contribution in [0.25, 0.3) is 0 Å². The summed E-state index contributed by atoms with van der Waals surface area (Å²) < 4.78 is 5.66. The average Bonchev–Trinajstić information content (AvgIpc) is 3.25. The second-order valence-corrected chi connectivity index (χ2v) is 6.19. The molecule has 1 atom stereocenters.